The van der Waals surface area contributed by atoms with Gasteiger partial charge in [-0.1, -0.05) is 6.07 Å². The van der Waals surface area contributed by atoms with Gasteiger partial charge in [-0.3, -0.25) is 9.59 Å². The van der Waals surface area contributed by atoms with Crippen LogP contribution in [0.1, 0.15) is 22.8 Å². The van der Waals surface area contributed by atoms with Crippen LogP contribution in [0, 0.1) is 6.92 Å². The molecule has 0 saturated carbocycles. The zero-order chi connectivity index (χ0) is 15.4. The zero-order valence-corrected chi connectivity index (χ0v) is 11.8. The van der Waals surface area contributed by atoms with Crippen LogP contribution in [0.4, 0.5) is 11.4 Å². The maximum Gasteiger partial charge on any atom is 0.308 e. The van der Waals surface area contributed by atoms with E-state index in [0.717, 1.165) is 5.56 Å². The third-order valence-corrected chi connectivity index (χ3v) is 2.89. The molecule has 2 aromatic rings. The van der Waals surface area contributed by atoms with E-state index in [1.54, 1.807) is 36.4 Å². The third kappa shape index (κ3) is 3.82. The van der Waals surface area contributed by atoms with E-state index < -0.39 is 5.97 Å². The molecule has 0 radical (unpaired) electrons. The van der Waals surface area contributed by atoms with Gasteiger partial charge in [-0.05, 0) is 48.9 Å². The van der Waals surface area contributed by atoms with Crippen molar-refractivity contribution in [2.45, 2.75) is 13.8 Å². The summed E-state index contributed by atoms with van der Waals surface area (Å²) in [7, 11) is 0. The number of carbonyl (C=O) groups is 2. The minimum absolute atomic E-state index is 0.252. The summed E-state index contributed by atoms with van der Waals surface area (Å²) in [6, 6.07) is 11.7. The summed E-state index contributed by atoms with van der Waals surface area (Å²) in [5.74, 6) is -0.250. The summed E-state index contributed by atoms with van der Waals surface area (Å²) in [5.41, 5.74) is 8.35. The quantitative estimate of drug-likeness (QED) is 0.516. The number of hydrogen-bond acceptors (Lipinski definition) is 4. The molecule has 0 bridgehead atoms. The third-order valence-electron chi connectivity index (χ3n) is 2.89. The van der Waals surface area contributed by atoms with Gasteiger partial charge in [0.1, 0.15) is 5.75 Å². The van der Waals surface area contributed by atoms with Crippen molar-refractivity contribution in [1.82, 2.24) is 0 Å². The number of nitrogen functional groups attached to an aromatic ring is 1. The molecule has 3 N–H and O–H groups in total. The average molecular weight is 284 g/mol. The highest BCUT2D eigenvalue weighted by Crippen LogP contribution is 2.20. The van der Waals surface area contributed by atoms with Crippen molar-refractivity contribution in [3.05, 3.63) is 53.6 Å². The maximum atomic E-state index is 12.2. The first-order valence-corrected chi connectivity index (χ1v) is 6.41. The predicted octanol–water partition coefficient (Wildman–Crippen LogP) is 2.75. The van der Waals surface area contributed by atoms with E-state index in [4.69, 9.17) is 10.5 Å². The van der Waals surface area contributed by atoms with E-state index in [1.165, 1.54) is 6.92 Å². The monoisotopic (exact) mass is 284 g/mol. The lowest BCUT2D eigenvalue weighted by atomic mass is 10.1. The minimum atomic E-state index is -0.400. The van der Waals surface area contributed by atoms with Crippen LogP contribution in [-0.4, -0.2) is 11.9 Å². The Morgan fingerprint density at radius 1 is 1.10 bits per heavy atom. The number of esters is 1. The number of nitrogens with two attached hydrogens (primary N) is 1. The van der Waals surface area contributed by atoms with Crippen LogP contribution < -0.4 is 15.8 Å². The van der Waals surface area contributed by atoms with E-state index in [-0.39, 0.29) is 5.91 Å². The maximum absolute atomic E-state index is 12.2. The summed E-state index contributed by atoms with van der Waals surface area (Å²) in [6.07, 6.45) is 0. The fourth-order valence-electron chi connectivity index (χ4n) is 1.81. The Balaban J connectivity index is 2.13. The van der Waals surface area contributed by atoms with Crippen molar-refractivity contribution < 1.29 is 14.3 Å². The number of rotatable bonds is 3. The zero-order valence-electron chi connectivity index (χ0n) is 11.8. The molecule has 0 unspecified atom stereocenters. The summed E-state index contributed by atoms with van der Waals surface area (Å²) in [6.45, 7) is 3.21. The Kier molecular flexibility index (Phi) is 4.23. The number of carbonyl (C=O) groups excluding carboxylic acids is 2. The fourth-order valence-corrected chi connectivity index (χ4v) is 1.81. The number of anilines is 2. The van der Waals surface area contributed by atoms with Crippen LogP contribution in [0.25, 0.3) is 0 Å². The Morgan fingerprint density at radius 2 is 1.76 bits per heavy atom. The summed E-state index contributed by atoms with van der Waals surface area (Å²) in [4.78, 5) is 23.0. The highest BCUT2D eigenvalue weighted by atomic mass is 16.5. The molecule has 0 aliphatic carbocycles. The van der Waals surface area contributed by atoms with Gasteiger partial charge in [-0.2, -0.15) is 0 Å². The molecule has 0 aliphatic rings. The summed E-state index contributed by atoms with van der Waals surface area (Å²) >= 11 is 0. The molecule has 21 heavy (non-hydrogen) atoms. The van der Waals surface area contributed by atoms with Gasteiger partial charge in [0.2, 0.25) is 0 Å². The Morgan fingerprint density at radius 3 is 2.38 bits per heavy atom. The van der Waals surface area contributed by atoms with E-state index in [0.29, 0.717) is 22.7 Å². The number of amides is 1. The highest BCUT2D eigenvalue weighted by Gasteiger charge is 2.08. The molecule has 0 aromatic heterocycles. The molecule has 108 valence electrons. The Hall–Kier alpha value is -2.82. The van der Waals surface area contributed by atoms with Gasteiger partial charge in [0.25, 0.3) is 5.91 Å². The first-order valence-electron chi connectivity index (χ1n) is 6.41. The van der Waals surface area contributed by atoms with E-state index in [1.807, 2.05) is 13.0 Å². The average Bonchev–Trinajstić information content (AvgIpc) is 2.43. The first kappa shape index (κ1) is 14.6. The molecule has 0 heterocycles. The van der Waals surface area contributed by atoms with E-state index in [2.05, 4.69) is 5.32 Å². The van der Waals surface area contributed by atoms with Gasteiger partial charge < -0.3 is 15.8 Å². The Bertz CT molecular complexity index is 678. The molecule has 0 fully saturated rings. The van der Waals surface area contributed by atoms with E-state index in [9.17, 15) is 9.59 Å². The molecule has 2 aromatic carbocycles. The SMILES string of the molecule is CC(=O)Oc1ccc(C(=O)Nc2cc(N)ccc2C)cc1. The molecule has 1 amide bonds. The summed E-state index contributed by atoms with van der Waals surface area (Å²) in [5, 5.41) is 2.80. The van der Waals surface area contributed by atoms with Crippen molar-refractivity contribution in [2.24, 2.45) is 0 Å². The van der Waals surface area contributed by atoms with Crippen molar-refractivity contribution in [3.63, 3.8) is 0 Å². The van der Waals surface area contributed by atoms with Crippen molar-refractivity contribution in [2.75, 3.05) is 11.1 Å². The number of nitrogens with one attached hydrogen (secondary N) is 1. The first-order chi connectivity index (χ1) is 9.95. The number of ether oxygens (including phenoxy) is 1. The molecule has 5 nitrogen and oxygen atoms in total. The van der Waals surface area contributed by atoms with Gasteiger partial charge in [0.15, 0.2) is 0 Å². The second-order valence-electron chi connectivity index (χ2n) is 4.65. The molecular weight excluding hydrogens is 268 g/mol. The predicted molar refractivity (Wildman–Crippen MR) is 81.3 cm³/mol. The van der Waals surface area contributed by atoms with Gasteiger partial charge in [-0.25, -0.2) is 0 Å². The standard InChI is InChI=1S/C16H16N2O3/c1-10-3-6-13(17)9-15(10)18-16(20)12-4-7-14(8-5-12)21-11(2)19/h3-9H,17H2,1-2H3,(H,18,20). The van der Waals surface area contributed by atoms with Gasteiger partial charge in [-0.15, -0.1) is 0 Å². The van der Waals surface area contributed by atoms with E-state index >= 15 is 0 Å². The highest BCUT2D eigenvalue weighted by molar-refractivity contribution is 6.04. The lowest BCUT2D eigenvalue weighted by Gasteiger charge is -2.09. The largest absolute Gasteiger partial charge is 0.427 e. The molecule has 0 spiro atoms. The van der Waals surface area contributed by atoms with Crippen molar-refractivity contribution >= 4 is 23.3 Å². The van der Waals surface area contributed by atoms with Crippen LogP contribution in [0.15, 0.2) is 42.5 Å². The molecule has 0 saturated heterocycles. The van der Waals surface area contributed by atoms with Crippen LogP contribution in [-0.2, 0) is 4.79 Å². The normalized spacial score (nSPS) is 10.0. The van der Waals surface area contributed by atoms with Gasteiger partial charge in [0, 0.05) is 23.9 Å². The second kappa shape index (κ2) is 6.09. The molecule has 0 atom stereocenters. The lowest BCUT2D eigenvalue weighted by molar-refractivity contribution is -0.131. The minimum Gasteiger partial charge on any atom is -0.427 e. The van der Waals surface area contributed by atoms with Gasteiger partial charge in [0.05, 0.1) is 0 Å². The molecule has 2 rings (SSSR count). The van der Waals surface area contributed by atoms with Crippen LogP contribution >= 0.6 is 0 Å². The van der Waals surface area contributed by atoms with Crippen LogP contribution in [0.2, 0.25) is 0 Å². The number of aryl methyl sites for hydroxylation is 1. The number of benzene rings is 2. The molecular formula is C16H16N2O3. The Labute approximate surface area is 122 Å². The van der Waals surface area contributed by atoms with Gasteiger partial charge >= 0.3 is 5.97 Å². The smallest absolute Gasteiger partial charge is 0.308 e. The molecule has 0 aliphatic heterocycles. The molecule has 5 heteroatoms. The van der Waals surface area contributed by atoms with Crippen LogP contribution in [0.3, 0.4) is 0 Å². The van der Waals surface area contributed by atoms with Crippen molar-refractivity contribution in [3.8, 4) is 5.75 Å². The second-order valence-corrected chi connectivity index (χ2v) is 4.65. The van der Waals surface area contributed by atoms with Crippen LogP contribution in [0.5, 0.6) is 5.75 Å². The topological polar surface area (TPSA) is 81.4 Å². The lowest BCUT2D eigenvalue weighted by Crippen LogP contribution is -2.13. The van der Waals surface area contributed by atoms with Crippen molar-refractivity contribution in [1.29, 1.82) is 0 Å². The fraction of sp³-hybridized carbons (Fsp3) is 0.125. The number of hydrogen-bond donors (Lipinski definition) is 2. The summed E-state index contributed by atoms with van der Waals surface area (Å²) < 4.78 is 4.91.